The molecule has 1 N–H and O–H groups in total. The first kappa shape index (κ1) is 21.6. The number of thiophene rings is 1. The number of nitrogens with one attached hydrogen (secondary N) is 1. The Morgan fingerprint density at radius 2 is 1.84 bits per heavy atom. The van der Waals surface area contributed by atoms with Crippen LogP contribution in [0, 0.1) is 11.6 Å². The maximum atomic E-state index is 13.6. The third-order valence-electron chi connectivity index (χ3n) is 5.37. The molecule has 1 aliphatic heterocycles. The molecule has 1 aromatic heterocycles. The van der Waals surface area contributed by atoms with E-state index in [-0.39, 0.29) is 17.2 Å². The van der Waals surface area contributed by atoms with Gasteiger partial charge in [0.15, 0.2) is 11.6 Å². The van der Waals surface area contributed by atoms with Gasteiger partial charge in [0.25, 0.3) is 10.0 Å². The molecule has 2 aromatic carbocycles. The average molecular weight is 463 g/mol. The van der Waals surface area contributed by atoms with Gasteiger partial charge < -0.3 is 5.32 Å². The molecule has 9 heteroatoms. The van der Waals surface area contributed by atoms with Crippen LogP contribution in [0.2, 0.25) is 0 Å². The number of carbonyl (C=O) groups excluding carboxylic acids is 1. The molecule has 2 heterocycles. The summed E-state index contributed by atoms with van der Waals surface area (Å²) in [5.41, 5.74) is 2.14. The lowest BCUT2D eigenvalue weighted by molar-refractivity contribution is -0.125. The Balaban J connectivity index is 1.64. The van der Waals surface area contributed by atoms with Crippen LogP contribution in [0.4, 0.5) is 8.78 Å². The first-order valence-electron chi connectivity index (χ1n) is 9.65. The van der Waals surface area contributed by atoms with Gasteiger partial charge in [-0.2, -0.15) is 4.31 Å². The molecule has 0 aliphatic carbocycles. The minimum absolute atomic E-state index is 0.0774. The molecule has 0 spiro atoms. The van der Waals surface area contributed by atoms with Gasteiger partial charge in [-0.1, -0.05) is 36.4 Å². The molecule has 4 rings (SSSR count). The summed E-state index contributed by atoms with van der Waals surface area (Å²) in [6, 6.07) is 12.4. The summed E-state index contributed by atoms with van der Waals surface area (Å²) in [5, 5.41) is 4.43. The highest BCUT2D eigenvalue weighted by Crippen LogP contribution is 2.31. The van der Waals surface area contributed by atoms with Gasteiger partial charge in [0.05, 0.1) is 6.04 Å². The van der Waals surface area contributed by atoms with E-state index in [0.29, 0.717) is 5.56 Å². The smallest absolute Gasteiger partial charge is 0.253 e. The van der Waals surface area contributed by atoms with E-state index >= 15 is 0 Å². The summed E-state index contributed by atoms with van der Waals surface area (Å²) >= 11 is 1.09. The van der Waals surface area contributed by atoms with Crippen LogP contribution in [0.5, 0.6) is 0 Å². The van der Waals surface area contributed by atoms with Crippen LogP contribution < -0.4 is 5.32 Å². The van der Waals surface area contributed by atoms with Crippen molar-refractivity contribution < 1.29 is 22.0 Å². The van der Waals surface area contributed by atoms with Crippen molar-refractivity contribution in [1.82, 2.24) is 9.62 Å². The van der Waals surface area contributed by atoms with Gasteiger partial charge in [-0.15, -0.1) is 11.3 Å². The van der Waals surface area contributed by atoms with Crippen LogP contribution in [0.3, 0.4) is 0 Å². The van der Waals surface area contributed by atoms with Crippen molar-refractivity contribution in [3.05, 3.63) is 88.3 Å². The third-order valence-corrected chi connectivity index (χ3v) is 8.60. The minimum Gasteiger partial charge on any atom is -0.348 e. The SMILES string of the molecule is CC(NC(=O)C1Cc2ccccc2CN1S(=O)(=O)c1cccs1)c1ccc(F)c(F)c1. The van der Waals surface area contributed by atoms with Crippen LogP contribution >= 0.6 is 11.3 Å². The number of benzene rings is 2. The predicted octanol–water partition coefficient (Wildman–Crippen LogP) is 4.02. The molecule has 31 heavy (non-hydrogen) atoms. The second kappa shape index (κ2) is 8.49. The number of sulfonamides is 1. The van der Waals surface area contributed by atoms with E-state index in [4.69, 9.17) is 0 Å². The van der Waals surface area contributed by atoms with Crippen LogP contribution in [0.15, 0.2) is 64.2 Å². The van der Waals surface area contributed by atoms with Gasteiger partial charge in [-0.05, 0) is 53.6 Å². The number of hydrogen-bond acceptors (Lipinski definition) is 4. The molecule has 1 amide bonds. The Bertz CT molecular complexity index is 1210. The van der Waals surface area contributed by atoms with Gasteiger partial charge in [0.1, 0.15) is 10.3 Å². The summed E-state index contributed by atoms with van der Waals surface area (Å²) in [5.74, 6) is -2.47. The lowest BCUT2D eigenvalue weighted by Gasteiger charge is -2.35. The first-order chi connectivity index (χ1) is 14.8. The van der Waals surface area contributed by atoms with Gasteiger partial charge in [0.2, 0.25) is 5.91 Å². The molecule has 162 valence electrons. The molecule has 2 unspecified atom stereocenters. The molecule has 5 nitrogen and oxygen atoms in total. The summed E-state index contributed by atoms with van der Waals surface area (Å²) < 4.78 is 54.8. The Kier molecular flexibility index (Phi) is 5.92. The van der Waals surface area contributed by atoms with Crippen molar-refractivity contribution in [3.8, 4) is 0 Å². The number of rotatable bonds is 5. The zero-order chi connectivity index (χ0) is 22.2. The number of fused-ring (bicyclic) bond motifs is 1. The fourth-order valence-corrected chi connectivity index (χ4v) is 6.36. The highest BCUT2D eigenvalue weighted by Gasteiger charge is 2.40. The monoisotopic (exact) mass is 462 g/mol. The van der Waals surface area contributed by atoms with E-state index in [0.717, 1.165) is 34.6 Å². The van der Waals surface area contributed by atoms with Crippen LogP contribution in [0.1, 0.15) is 29.7 Å². The van der Waals surface area contributed by atoms with Crippen molar-refractivity contribution in [2.45, 2.75) is 36.2 Å². The van der Waals surface area contributed by atoms with E-state index in [9.17, 15) is 22.0 Å². The predicted molar refractivity (Wildman–Crippen MR) is 114 cm³/mol. The maximum Gasteiger partial charge on any atom is 0.253 e. The zero-order valence-corrected chi connectivity index (χ0v) is 18.2. The minimum atomic E-state index is -3.89. The normalized spacial score (nSPS) is 17.7. The van der Waals surface area contributed by atoms with E-state index in [1.54, 1.807) is 18.4 Å². The summed E-state index contributed by atoms with van der Waals surface area (Å²) in [7, 11) is -3.89. The number of hydrogen-bond donors (Lipinski definition) is 1. The summed E-state index contributed by atoms with van der Waals surface area (Å²) in [6.45, 7) is 1.72. The lowest BCUT2D eigenvalue weighted by atomic mass is 9.95. The molecule has 3 aromatic rings. The highest BCUT2D eigenvalue weighted by atomic mass is 32.2. The Morgan fingerprint density at radius 1 is 1.10 bits per heavy atom. The van der Waals surface area contributed by atoms with Crippen LogP contribution in [0.25, 0.3) is 0 Å². The molecule has 1 aliphatic rings. The zero-order valence-electron chi connectivity index (χ0n) is 16.6. The number of carbonyl (C=O) groups is 1. The number of halogens is 2. The van der Waals surface area contributed by atoms with Crippen molar-refractivity contribution in [2.24, 2.45) is 0 Å². The van der Waals surface area contributed by atoms with Crippen molar-refractivity contribution in [1.29, 1.82) is 0 Å². The molecule has 0 radical (unpaired) electrons. The molecule has 2 atom stereocenters. The van der Waals surface area contributed by atoms with Crippen molar-refractivity contribution in [2.75, 3.05) is 0 Å². The Morgan fingerprint density at radius 3 is 2.52 bits per heavy atom. The van der Waals surface area contributed by atoms with Crippen molar-refractivity contribution >= 4 is 27.3 Å². The summed E-state index contributed by atoms with van der Waals surface area (Å²) in [6.07, 6.45) is 0.219. The fourth-order valence-electron chi connectivity index (χ4n) is 3.68. The highest BCUT2D eigenvalue weighted by molar-refractivity contribution is 7.91. The molecular weight excluding hydrogens is 442 g/mol. The van der Waals surface area contributed by atoms with Crippen LogP contribution in [-0.2, 0) is 27.8 Å². The van der Waals surface area contributed by atoms with Gasteiger partial charge in [-0.3, -0.25) is 4.79 Å². The molecule has 0 saturated carbocycles. The van der Waals surface area contributed by atoms with E-state index in [1.165, 1.54) is 16.4 Å². The van der Waals surface area contributed by atoms with Gasteiger partial charge >= 0.3 is 0 Å². The van der Waals surface area contributed by atoms with Crippen LogP contribution in [-0.4, -0.2) is 24.7 Å². The van der Waals surface area contributed by atoms with E-state index in [1.807, 2.05) is 24.3 Å². The largest absolute Gasteiger partial charge is 0.348 e. The molecule has 0 bridgehead atoms. The first-order valence-corrected chi connectivity index (χ1v) is 12.0. The number of amides is 1. The quantitative estimate of drug-likeness (QED) is 0.623. The topological polar surface area (TPSA) is 66.5 Å². The third kappa shape index (κ3) is 4.26. The molecule has 0 fully saturated rings. The second-order valence-corrected chi connectivity index (χ2v) is 10.4. The number of nitrogens with zero attached hydrogens (tertiary/aromatic N) is 1. The van der Waals surface area contributed by atoms with Gasteiger partial charge in [0, 0.05) is 6.54 Å². The lowest BCUT2D eigenvalue weighted by Crippen LogP contribution is -2.52. The molecular formula is C22H20F2N2O3S2. The second-order valence-electron chi connectivity index (χ2n) is 7.37. The maximum absolute atomic E-state index is 13.6. The summed E-state index contributed by atoms with van der Waals surface area (Å²) in [4.78, 5) is 13.2. The van der Waals surface area contributed by atoms with E-state index in [2.05, 4.69) is 5.32 Å². The van der Waals surface area contributed by atoms with E-state index < -0.39 is 39.6 Å². The standard InChI is InChI=1S/C22H20F2N2O3S2/c1-14(15-8-9-18(23)19(24)11-15)25-22(27)20-12-16-5-2-3-6-17(16)13-26(20)31(28,29)21-7-4-10-30-21/h2-11,14,20H,12-13H2,1H3,(H,25,27). The van der Waals surface area contributed by atoms with Crippen molar-refractivity contribution in [3.63, 3.8) is 0 Å². The Labute approximate surface area is 183 Å². The average Bonchev–Trinajstić information content (AvgIpc) is 3.30. The fraction of sp³-hybridized carbons (Fsp3) is 0.227. The molecule has 0 saturated heterocycles. The van der Waals surface area contributed by atoms with Gasteiger partial charge in [-0.25, -0.2) is 17.2 Å². The Hall–Kier alpha value is -2.62.